The van der Waals surface area contributed by atoms with E-state index in [1.807, 2.05) is 0 Å². The van der Waals surface area contributed by atoms with Crippen LogP contribution in [0.25, 0.3) is 11.6 Å². The lowest BCUT2D eigenvalue weighted by molar-refractivity contribution is 0.833. The lowest BCUT2D eigenvalue weighted by atomic mass is 10.6. The molecule has 0 unspecified atom stereocenters. The second kappa shape index (κ2) is 6.30. The number of rotatable bonds is 1. The van der Waals surface area contributed by atoms with Crippen LogP contribution in [-0.4, -0.2) is 53.2 Å². The Balaban J connectivity index is 0.000000187. The van der Waals surface area contributed by atoms with E-state index < -0.39 is 0 Å². The summed E-state index contributed by atoms with van der Waals surface area (Å²) in [5.74, 6) is 0.0999. The molecule has 18 heavy (non-hydrogen) atoms. The van der Waals surface area contributed by atoms with Crippen molar-refractivity contribution in [2.45, 2.75) is 0 Å². The second-order valence-electron chi connectivity index (χ2n) is 2.55. The monoisotopic (exact) mass is 254 g/mol. The van der Waals surface area contributed by atoms with Crippen molar-refractivity contribution >= 4 is 11.9 Å². The predicted molar refractivity (Wildman–Crippen MR) is 57.4 cm³/mol. The highest BCUT2D eigenvalue weighted by molar-refractivity contribution is 5.80. The zero-order chi connectivity index (χ0) is 13.4. The third-order valence-electron chi connectivity index (χ3n) is 1.22. The summed E-state index contributed by atoms with van der Waals surface area (Å²) >= 11 is 0. The summed E-state index contributed by atoms with van der Waals surface area (Å²) in [6, 6.07) is 0. The van der Waals surface area contributed by atoms with Gasteiger partial charge < -0.3 is 11.5 Å². The number of aromatic amines is 2. The Morgan fingerprint density at radius 3 is 1.50 bits per heavy atom. The van der Waals surface area contributed by atoms with Crippen LogP contribution in [-0.2, 0) is 0 Å². The lowest BCUT2D eigenvalue weighted by Gasteiger charge is -2.02. The van der Waals surface area contributed by atoms with Crippen molar-refractivity contribution in [2.75, 3.05) is 0 Å². The molecule has 0 saturated heterocycles. The van der Waals surface area contributed by atoms with Gasteiger partial charge in [0.1, 0.15) is 0 Å². The number of nitrogens with zero attached hydrogens (tertiary/aromatic N) is 6. The number of tetrazole rings is 2. The van der Waals surface area contributed by atoms with Gasteiger partial charge in [-0.3, -0.25) is 21.7 Å². The van der Waals surface area contributed by atoms with Crippen molar-refractivity contribution < 1.29 is 0 Å². The Hall–Kier alpha value is -3.32. The average molecular weight is 254 g/mol. The molecule has 2 aromatic heterocycles. The number of aromatic nitrogens is 8. The van der Waals surface area contributed by atoms with Gasteiger partial charge in [-0.05, 0) is 10.4 Å². The quantitative estimate of drug-likeness (QED) is 0.140. The SMILES string of the molecule is N=C(N)NNC(=N)N.n1nc(-c2nn[nH]n2)n[nH]1. The van der Waals surface area contributed by atoms with Crippen molar-refractivity contribution in [1.29, 1.82) is 10.8 Å². The van der Waals surface area contributed by atoms with Gasteiger partial charge in [-0.1, -0.05) is 0 Å². The molecule has 0 bridgehead atoms. The minimum Gasteiger partial charge on any atom is -0.369 e. The lowest BCUT2D eigenvalue weighted by Crippen LogP contribution is -2.47. The van der Waals surface area contributed by atoms with E-state index in [4.69, 9.17) is 22.3 Å². The van der Waals surface area contributed by atoms with Gasteiger partial charge >= 0.3 is 0 Å². The molecular weight excluding hydrogens is 244 g/mol. The number of hydrogen-bond donors (Lipinski definition) is 8. The van der Waals surface area contributed by atoms with Crippen LogP contribution in [0.15, 0.2) is 0 Å². The molecule has 2 heterocycles. The maximum absolute atomic E-state index is 6.54. The number of guanidine groups is 2. The van der Waals surface area contributed by atoms with Gasteiger partial charge in [-0.2, -0.15) is 10.4 Å². The molecule has 0 amide bonds. The van der Waals surface area contributed by atoms with Crippen LogP contribution in [0.4, 0.5) is 0 Å². The summed E-state index contributed by atoms with van der Waals surface area (Å²) in [7, 11) is 0. The molecule has 14 heteroatoms. The zero-order valence-corrected chi connectivity index (χ0v) is 8.84. The fraction of sp³-hybridized carbons (Fsp3) is 0. The van der Waals surface area contributed by atoms with Crippen molar-refractivity contribution in [3.05, 3.63) is 0 Å². The Bertz CT molecular complexity index is 420. The smallest absolute Gasteiger partial charge is 0.245 e. The Kier molecular flexibility index (Phi) is 4.46. The molecule has 0 aliphatic rings. The van der Waals surface area contributed by atoms with Crippen LogP contribution in [0.3, 0.4) is 0 Å². The summed E-state index contributed by atoms with van der Waals surface area (Å²) in [5, 5.41) is 38.8. The predicted octanol–water partition coefficient (Wildman–Crippen LogP) is -3.75. The second-order valence-corrected chi connectivity index (χ2v) is 2.55. The first-order valence-corrected chi connectivity index (χ1v) is 4.27. The van der Waals surface area contributed by atoms with Gasteiger partial charge in [0.05, 0.1) is 0 Å². The molecule has 0 aliphatic carbocycles. The molecule has 2 rings (SSSR count). The third-order valence-corrected chi connectivity index (χ3v) is 1.22. The summed E-state index contributed by atoms with van der Waals surface area (Å²) in [6.07, 6.45) is 0. The van der Waals surface area contributed by atoms with Gasteiger partial charge in [-0.25, -0.2) is 0 Å². The zero-order valence-electron chi connectivity index (χ0n) is 8.84. The van der Waals surface area contributed by atoms with E-state index in [9.17, 15) is 0 Å². The van der Waals surface area contributed by atoms with E-state index in [0.29, 0.717) is 11.6 Å². The van der Waals surface area contributed by atoms with Crippen LogP contribution < -0.4 is 22.3 Å². The fourth-order valence-corrected chi connectivity index (χ4v) is 0.648. The van der Waals surface area contributed by atoms with Crippen LogP contribution in [0.2, 0.25) is 0 Å². The number of H-pyrrole nitrogens is 2. The molecule has 0 radical (unpaired) electrons. The Morgan fingerprint density at radius 2 is 1.28 bits per heavy atom. The van der Waals surface area contributed by atoms with Gasteiger partial charge in [0, 0.05) is 0 Å². The molecule has 0 atom stereocenters. The summed E-state index contributed by atoms with van der Waals surface area (Å²) < 4.78 is 0. The third kappa shape index (κ3) is 4.47. The average Bonchev–Trinajstić information content (AvgIpc) is 2.98. The first-order chi connectivity index (χ1) is 8.59. The van der Waals surface area contributed by atoms with E-state index in [2.05, 4.69) is 52.1 Å². The minimum absolute atomic E-state index is 0.278. The van der Waals surface area contributed by atoms with Crippen molar-refractivity contribution in [3.8, 4) is 11.6 Å². The van der Waals surface area contributed by atoms with E-state index in [1.165, 1.54) is 0 Å². The first kappa shape index (κ1) is 12.7. The highest BCUT2D eigenvalue weighted by Gasteiger charge is 2.05. The molecule has 0 saturated carbocycles. The molecular formula is C4H10N14. The molecule has 0 fully saturated rings. The van der Waals surface area contributed by atoms with E-state index in [0.717, 1.165) is 0 Å². The normalized spacial score (nSPS) is 8.89. The number of hydrazine groups is 1. The van der Waals surface area contributed by atoms with Crippen LogP contribution in [0.1, 0.15) is 0 Å². The molecule has 10 N–H and O–H groups in total. The van der Waals surface area contributed by atoms with Crippen LogP contribution >= 0.6 is 0 Å². The Morgan fingerprint density at radius 1 is 0.889 bits per heavy atom. The first-order valence-electron chi connectivity index (χ1n) is 4.27. The van der Waals surface area contributed by atoms with E-state index in [1.54, 1.807) is 0 Å². The number of hydrogen-bond acceptors (Lipinski definition) is 8. The largest absolute Gasteiger partial charge is 0.369 e. The van der Waals surface area contributed by atoms with E-state index >= 15 is 0 Å². The molecule has 14 nitrogen and oxygen atoms in total. The van der Waals surface area contributed by atoms with Gasteiger partial charge in [-0.15, -0.1) is 20.4 Å². The maximum Gasteiger partial charge on any atom is 0.245 e. The number of nitrogens with two attached hydrogens (primary N) is 2. The van der Waals surface area contributed by atoms with Gasteiger partial charge in [0.15, 0.2) is 0 Å². The molecule has 0 aliphatic heterocycles. The molecule has 0 spiro atoms. The Labute approximate surface area is 98.9 Å². The highest BCUT2D eigenvalue weighted by atomic mass is 15.5. The van der Waals surface area contributed by atoms with E-state index in [-0.39, 0.29) is 11.9 Å². The summed E-state index contributed by atoms with van der Waals surface area (Å²) in [4.78, 5) is 0. The minimum atomic E-state index is -0.278. The fourth-order valence-electron chi connectivity index (χ4n) is 0.648. The van der Waals surface area contributed by atoms with Crippen molar-refractivity contribution in [3.63, 3.8) is 0 Å². The topological polar surface area (TPSA) is 233 Å². The molecule has 2 aromatic rings. The standard InChI is InChI=1S/C2H2N8.C2H8N6/c3-1(4-8-7-3)2-5-9-10-6-2;3-1(4)7-8-2(5)6/h(H,3,4,7,8)(H,5,6,9,10);(H4,3,4,7)(H4,5,6,8). The van der Waals surface area contributed by atoms with Crippen LogP contribution in [0.5, 0.6) is 0 Å². The van der Waals surface area contributed by atoms with Crippen LogP contribution in [0, 0.1) is 10.8 Å². The molecule has 0 aromatic carbocycles. The number of nitrogens with one attached hydrogen (secondary N) is 6. The summed E-state index contributed by atoms with van der Waals surface area (Å²) in [6.45, 7) is 0. The van der Waals surface area contributed by atoms with Gasteiger partial charge in [0.25, 0.3) is 0 Å². The molecule has 96 valence electrons. The summed E-state index contributed by atoms with van der Waals surface area (Å²) in [5.41, 5.74) is 13.8. The highest BCUT2D eigenvalue weighted by Crippen LogP contribution is 1.99. The van der Waals surface area contributed by atoms with Crippen molar-refractivity contribution in [1.82, 2.24) is 52.1 Å². The van der Waals surface area contributed by atoms with Crippen molar-refractivity contribution in [2.24, 2.45) is 11.5 Å². The van der Waals surface area contributed by atoms with Gasteiger partial charge in [0.2, 0.25) is 23.6 Å². The maximum atomic E-state index is 6.54.